The molecule has 1 amide bonds. The highest BCUT2D eigenvalue weighted by Crippen LogP contribution is 2.52. The smallest absolute Gasteiger partial charge is 0.226 e. The topological polar surface area (TPSA) is 40.5 Å². The van der Waals surface area contributed by atoms with Crippen molar-refractivity contribution in [3.05, 3.63) is 0 Å². The molecule has 1 aliphatic carbocycles. The van der Waals surface area contributed by atoms with Crippen LogP contribution in [-0.4, -0.2) is 35.1 Å². The minimum Gasteiger partial charge on any atom is -0.393 e. The number of aliphatic hydroxyl groups is 1. The summed E-state index contributed by atoms with van der Waals surface area (Å²) in [5.41, 5.74) is 0.222. The van der Waals surface area contributed by atoms with Gasteiger partial charge >= 0.3 is 0 Å². The molecule has 2 fully saturated rings. The predicted molar refractivity (Wildman–Crippen MR) is 58.3 cm³/mol. The van der Waals surface area contributed by atoms with Crippen LogP contribution >= 0.6 is 0 Å². The summed E-state index contributed by atoms with van der Waals surface area (Å²) in [6.07, 6.45) is 1.70. The van der Waals surface area contributed by atoms with E-state index in [2.05, 4.69) is 13.8 Å². The van der Waals surface area contributed by atoms with Gasteiger partial charge in [0.15, 0.2) is 0 Å². The number of carbonyl (C=O) groups is 1. The van der Waals surface area contributed by atoms with Gasteiger partial charge in [-0.2, -0.15) is 0 Å². The van der Waals surface area contributed by atoms with Crippen LogP contribution in [0.15, 0.2) is 0 Å². The van der Waals surface area contributed by atoms with Crippen molar-refractivity contribution in [3.8, 4) is 0 Å². The Balaban J connectivity index is 1.89. The van der Waals surface area contributed by atoms with Gasteiger partial charge in [-0.05, 0) is 25.2 Å². The number of hydrogen-bond donors (Lipinski definition) is 1. The third-order valence-corrected chi connectivity index (χ3v) is 4.03. The number of carbonyl (C=O) groups excluding carboxylic acids is 1. The van der Waals surface area contributed by atoms with Crippen LogP contribution in [0.4, 0.5) is 0 Å². The molecule has 1 N–H and O–H groups in total. The van der Waals surface area contributed by atoms with E-state index in [1.165, 1.54) is 0 Å². The van der Waals surface area contributed by atoms with Crippen molar-refractivity contribution >= 4 is 5.91 Å². The highest BCUT2D eigenvalue weighted by Gasteiger charge is 2.52. The molecule has 0 aromatic carbocycles. The molecule has 86 valence electrons. The maximum absolute atomic E-state index is 12.0. The highest BCUT2D eigenvalue weighted by molar-refractivity contribution is 5.82. The first-order valence-corrected chi connectivity index (χ1v) is 5.88. The number of nitrogens with zero attached hydrogens (tertiary/aromatic N) is 1. The van der Waals surface area contributed by atoms with E-state index in [0.29, 0.717) is 5.91 Å². The van der Waals surface area contributed by atoms with E-state index in [0.717, 1.165) is 25.9 Å². The number of rotatable bonds is 2. The Morgan fingerprint density at radius 1 is 1.53 bits per heavy atom. The van der Waals surface area contributed by atoms with Crippen LogP contribution in [0.3, 0.4) is 0 Å². The Labute approximate surface area is 91.5 Å². The summed E-state index contributed by atoms with van der Waals surface area (Å²) in [4.78, 5) is 14.0. The van der Waals surface area contributed by atoms with Crippen LogP contribution in [0, 0.1) is 17.3 Å². The van der Waals surface area contributed by atoms with Gasteiger partial charge in [0.1, 0.15) is 0 Å². The largest absolute Gasteiger partial charge is 0.393 e. The molecule has 1 aliphatic heterocycles. The second-order valence-electron chi connectivity index (χ2n) is 5.82. The lowest BCUT2D eigenvalue weighted by atomic mass is 10.0. The summed E-state index contributed by atoms with van der Waals surface area (Å²) in [5.74, 6) is 0.837. The SMILES string of the molecule is CC(O)C1CCN(C(=O)[C@H]2CC2(C)C)C1. The fourth-order valence-corrected chi connectivity index (χ4v) is 2.49. The van der Waals surface area contributed by atoms with Crippen molar-refractivity contribution in [2.24, 2.45) is 17.3 Å². The zero-order valence-corrected chi connectivity index (χ0v) is 9.86. The van der Waals surface area contributed by atoms with E-state index >= 15 is 0 Å². The third kappa shape index (κ3) is 2.03. The van der Waals surface area contributed by atoms with Gasteiger partial charge in [-0.1, -0.05) is 13.8 Å². The molecule has 3 atom stereocenters. The molecule has 0 aromatic heterocycles. The zero-order chi connectivity index (χ0) is 11.2. The summed E-state index contributed by atoms with van der Waals surface area (Å²) < 4.78 is 0. The molecule has 0 radical (unpaired) electrons. The molecule has 2 rings (SSSR count). The Kier molecular flexibility index (Phi) is 2.53. The minimum absolute atomic E-state index is 0.222. The molecule has 0 bridgehead atoms. The minimum atomic E-state index is -0.282. The lowest BCUT2D eigenvalue weighted by molar-refractivity contribution is -0.132. The number of amides is 1. The molecule has 0 aromatic rings. The summed E-state index contributed by atoms with van der Waals surface area (Å²) in [6.45, 7) is 7.71. The molecular formula is C12H21NO2. The van der Waals surface area contributed by atoms with E-state index in [-0.39, 0.29) is 23.4 Å². The molecule has 1 heterocycles. The van der Waals surface area contributed by atoms with Gasteiger partial charge < -0.3 is 10.0 Å². The lowest BCUT2D eigenvalue weighted by Gasteiger charge is -2.18. The molecule has 2 aliphatic rings. The molecule has 15 heavy (non-hydrogen) atoms. The first-order chi connectivity index (χ1) is 6.92. The average molecular weight is 211 g/mol. The van der Waals surface area contributed by atoms with Crippen molar-refractivity contribution in [2.75, 3.05) is 13.1 Å². The van der Waals surface area contributed by atoms with Gasteiger partial charge in [0.2, 0.25) is 5.91 Å². The fraction of sp³-hybridized carbons (Fsp3) is 0.917. The van der Waals surface area contributed by atoms with Crippen molar-refractivity contribution in [3.63, 3.8) is 0 Å². The second kappa shape index (κ2) is 3.48. The summed E-state index contributed by atoms with van der Waals surface area (Å²) in [5, 5.41) is 9.47. The van der Waals surface area contributed by atoms with Gasteiger partial charge in [0.05, 0.1) is 6.10 Å². The maximum Gasteiger partial charge on any atom is 0.226 e. The van der Waals surface area contributed by atoms with Gasteiger partial charge in [-0.25, -0.2) is 0 Å². The first-order valence-electron chi connectivity index (χ1n) is 5.88. The Morgan fingerprint density at radius 2 is 2.13 bits per heavy atom. The number of aliphatic hydroxyl groups excluding tert-OH is 1. The standard InChI is InChI=1S/C12H21NO2/c1-8(14)9-4-5-13(7-9)11(15)10-6-12(10,2)3/h8-10,14H,4-7H2,1-3H3/t8?,9?,10-/m1/s1. The molecule has 3 heteroatoms. The summed E-state index contributed by atoms with van der Waals surface area (Å²) >= 11 is 0. The molecular weight excluding hydrogens is 190 g/mol. The quantitative estimate of drug-likeness (QED) is 0.747. The first kappa shape index (κ1) is 10.9. The predicted octanol–water partition coefficient (Wildman–Crippen LogP) is 1.26. The summed E-state index contributed by atoms with van der Waals surface area (Å²) in [7, 11) is 0. The monoisotopic (exact) mass is 211 g/mol. The van der Waals surface area contributed by atoms with Gasteiger partial charge in [-0.3, -0.25) is 4.79 Å². The molecule has 0 spiro atoms. The van der Waals surface area contributed by atoms with Crippen LogP contribution in [0.1, 0.15) is 33.6 Å². The average Bonchev–Trinajstić information content (AvgIpc) is 2.65. The van der Waals surface area contributed by atoms with Gasteiger partial charge in [0, 0.05) is 24.9 Å². The van der Waals surface area contributed by atoms with E-state index in [4.69, 9.17) is 0 Å². The fourth-order valence-electron chi connectivity index (χ4n) is 2.49. The maximum atomic E-state index is 12.0. The van der Waals surface area contributed by atoms with Crippen LogP contribution in [0.5, 0.6) is 0 Å². The van der Waals surface area contributed by atoms with E-state index < -0.39 is 0 Å². The number of hydrogen-bond acceptors (Lipinski definition) is 2. The van der Waals surface area contributed by atoms with Crippen LogP contribution < -0.4 is 0 Å². The van der Waals surface area contributed by atoms with E-state index in [1.807, 2.05) is 11.8 Å². The third-order valence-electron chi connectivity index (χ3n) is 4.03. The van der Waals surface area contributed by atoms with Crippen LogP contribution in [-0.2, 0) is 4.79 Å². The molecule has 2 unspecified atom stereocenters. The Morgan fingerprint density at radius 3 is 2.53 bits per heavy atom. The molecule has 3 nitrogen and oxygen atoms in total. The number of likely N-dealkylation sites (tertiary alicyclic amines) is 1. The Bertz CT molecular complexity index is 273. The summed E-state index contributed by atoms with van der Waals surface area (Å²) in [6, 6.07) is 0. The second-order valence-corrected chi connectivity index (χ2v) is 5.82. The normalized spacial score (nSPS) is 35.3. The van der Waals surface area contributed by atoms with Crippen molar-refractivity contribution in [1.29, 1.82) is 0 Å². The highest BCUT2D eigenvalue weighted by atomic mass is 16.3. The molecule has 1 saturated heterocycles. The van der Waals surface area contributed by atoms with E-state index in [1.54, 1.807) is 0 Å². The van der Waals surface area contributed by atoms with Gasteiger partial charge in [-0.15, -0.1) is 0 Å². The van der Waals surface area contributed by atoms with Crippen LogP contribution in [0.2, 0.25) is 0 Å². The van der Waals surface area contributed by atoms with Crippen LogP contribution in [0.25, 0.3) is 0 Å². The Hall–Kier alpha value is -0.570. The van der Waals surface area contributed by atoms with Gasteiger partial charge in [0.25, 0.3) is 0 Å². The van der Waals surface area contributed by atoms with Crippen molar-refractivity contribution < 1.29 is 9.90 Å². The molecule has 1 saturated carbocycles. The zero-order valence-electron chi connectivity index (χ0n) is 9.86. The van der Waals surface area contributed by atoms with Crippen molar-refractivity contribution in [2.45, 2.75) is 39.7 Å². The van der Waals surface area contributed by atoms with E-state index in [9.17, 15) is 9.90 Å². The van der Waals surface area contributed by atoms with Crippen molar-refractivity contribution in [1.82, 2.24) is 4.90 Å². The lowest BCUT2D eigenvalue weighted by Crippen LogP contribution is -2.32.